The lowest BCUT2D eigenvalue weighted by Crippen LogP contribution is -2.07. The van der Waals surface area contributed by atoms with Gasteiger partial charge in [-0.3, -0.25) is 0 Å². The minimum absolute atomic E-state index is 0.0173. The molecule has 0 bridgehead atoms. The summed E-state index contributed by atoms with van der Waals surface area (Å²) >= 11 is 0. The zero-order chi connectivity index (χ0) is 23.6. The average molecular weight is 455 g/mol. The molecule has 10 heteroatoms. The largest absolute Gasteiger partial charge is 0.496 e. The fourth-order valence-electron chi connectivity index (χ4n) is 3.20. The fraction of sp³-hybridized carbons (Fsp3) is 0.174. The first kappa shape index (κ1) is 22.1. The van der Waals surface area contributed by atoms with Crippen molar-refractivity contribution in [3.63, 3.8) is 0 Å². The molecule has 0 atom stereocenters. The molecular weight excluding hydrogens is 435 g/mol. The molecule has 2 heterocycles. The summed E-state index contributed by atoms with van der Waals surface area (Å²) in [6, 6.07) is 11.8. The number of alkyl halides is 3. The third-order valence-corrected chi connectivity index (χ3v) is 4.66. The van der Waals surface area contributed by atoms with Gasteiger partial charge in [-0.25, -0.2) is 9.97 Å². The number of H-pyrrole nitrogens is 1. The van der Waals surface area contributed by atoms with Crippen LogP contribution in [0.1, 0.15) is 17.0 Å². The van der Waals surface area contributed by atoms with Crippen LogP contribution in [0.5, 0.6) is 17.4 Å². The molecule has 0 unspecified atom stereocenters. The van der Waals surface area contributed by atoms with Gasteiger partial charge in [0.2, 0.25) is 11.8 Å². The number of hydrogen-bond donors (Lipinski definition) is 2. The maximum Gasteiger partial charge on any atom is 0.419 e. The van der Waals surface area contributed by atoms with Crippen molar-refractivity contribution in [1.82, 2.24) is 19.9 Å². The van der Waals surface area contributed by atoms with Crippen LogP contribution in [0.25, 0.3) is 11.4 Å². The molecule has 0 aliphatic carbocycles. The van der Waals surface area contributed by atoms with E-state index in [0.29, 0.717) is 23.0 Å². The van der Waals surface area contributed by atoms with Crippen molar-refractivity contribution >= 4 is 11.6 Å². The number of para-hydroxylation sites is 1. The maximum absolute atomic E-state index is 13.3. The lowest BCUT2D eigenvalue weighted by Gasteiger charge is -2.14. The number of imidazole rings is 1. The van der Waals surface area contributed by atoms with Gasteiger partial charge in [-0.1, -0.05) is 12.1 Å². The smallest absolute Gasteiger partial charge is 0.419 e. The normalized spacial score (nSPS) is 11.3. The molecule has 0 aliphatic heterocycles. The standard InChI is InChI=1S/C23H20F3N5O2/c1-13-10-20(33-18-7-5-4-6-17(18)23(24,25)26)31-22(29-13)30-15-8-9-16(19(11-15)32-3)21-27-12-14(2)28-21/h4-12H,1-3H3,(H,27,28)(H,29,30,31). The molecule has 4 rings (SSSR count). The number of benzene rings is 2. The number of ether oxygens (including phenoxy) is 2. The predicted molar refractivity (Wildman–Crippen MR) is 117 cm³/mol. The number of anilines is 2. The van der Waals surface area contributed by atoms with Crippen molar-refractivity contribution in [2.45, 2.75) is 20.0 Å². The summed E-state index contributed by atoms with van der Waals surface area (Å²) in [5.41, 5.74) is 1.87. The van der Waals surface area contributed by atoms with Crippen LogP contribution in [0.15, 0.2) is 54.7 Å². The van der Waals surface area contributed by atoms with Crippen molar-refractivity contribution < 1.29 is 22.6 Å². The molecule has 33 heavy (non-hydrogen) atoms. The molecule has 2 aromatic heterocycles. The Balaban J connectivity index is 1.60. The first-order valence-electron chi connectivity index (χ1n) is 9.90. The highest BCUT2D eigenvalue weighted by molar-refractivity contribution is 5.70. The molecule has 4 aromatic rings. The number of aryl methyl sites for hydroxylation is 2. The third-order valence-electron chi connectivity index (χ3n) is 4.66. The Morgan fingerprint density at radius 1 is 0.909 bits per heavy atom. The van der Waals surface area contributed by atoms with E-state index in [9.17, 15) is 13.2 Å². The van der Waals surface area contributed by atoms with E-state index in [2.05, 4.69) is 25.3 Å². The summed E-state index contributed by atoms with van der Waals surface area (Å²) in [6.45, 7) is 3.57. The highest BCUT2D eigenvalue weighted by Crippen LogP contribution is 2.38. The second-order valence-corrected chi connectivity index (χ2v) is 7.20. The molecule has 0 saturated carbocycles. The van der Waals surface area contributed by atoms with E-state index in [1.54, 1.807) is 32.4 Å². The number of nitrogens with zero attached hydrogens (tertiary/aromatic N) is 3. The van der Waals surface area contributed by atoms with Gasteiger partial charge < -0.3 is 19.8 Å². The number of aromatic nitrogens is 4. The van der Waals surface area contributed by atoms with E-state index in [0.717, 1.165) is 17.3 Å². The maximum atomic E-state index is 13.3. The number of rotatable bonds is 6. The van der Waals surface area contributed by atoms with Crippen molar-refractivity contribution in [2.24, 2.45) is 0 Å². The van der Waals surface area contributed by atoms with E-state index >= 15 is 0 Å². The second kappa shape index (κ2) is 8.81. The van der Waals surface area contributed by atoms with Crippen LogP contribution in [0, 0.1) is 13.8 Å². The minimum atomic E-state index is -4.55. The highest BCUT2D eigenvalue weighted by Gasteiger charge is 2.34. The molecule has 0 aliphatic rings. The summed E-state index contributed by atoms with van der Waals surface area (Å²) in [5.74, 6) is 1.04. The number of hydrogen-bond acceptors (Lipinski definition) is 6. The fourth-order valence-corrected chi connectivity index (χ4v) is 3.20. The van der Waals surface area contributed by atoms with Gasteiger partial charge in [-0.05, 0) is 38.1 Å². The van der Waals surface area contributed by atoms with Crippen LogP contribution >= 0.6 is 0 Å². The number of methoxy groups -OCH3 is 1. The lowest BCUT2D eigenvalue weighted by molar-refractivity contribution is -0.138. The Morgan fingerprint density at radius 2 is 1.70 bits per heavy atom. The number of aromatic amines is 1. The molecule has 0 spiro atoms. The van der Waals surface area contributed by atoms with Gasteiger partial charge >= 0.3 is 6.18 Å². The molecule has 170 valence electrons. The van der Waals surface area contributed by atoms with Crippen LogP contribution in [0.4, 0.5) is 24.8 Å². The topological polar surface area (TPSA) is 84.9 Å². The van der Waals surface area contributed by atoms with Crippen molar-refractivity contribution in [2.75, 3.05) is 12.4 Å². The first-order chi connectivity index (χ1) is 15.7. The average Bonchev–Trinajstić information content (AvgIpc) is 3.19. The Bertz CT molecular complexity index is 1290. The second-order valence-electron chi connectivity index (χ2n) is 7.20. The highest BCUT2D eigenvalue weighted by atomic mass is 19.4. The zero-order valence-electron chi connectivity index (χ0n) is 18.0. The Kier molecular flexibility index (Phi) is 5.91. The van der Waals surface area contributed by atoms with Crippen LogP contribution in [0.3, 0.4) is 0 Å². The van der Waals surface area contributed by atoms with Crippen molar-refractivity contribution in [3.05, 3.63) is 71.7 Å². The van der Waals surface area contributed by atoms with E-state index in [4.69, 9.17) is 9.47 Å². The van der Waals surface area contributed by atoms with Gasteiger partial charge in [0.05, 0.1) is 23.9 Å². The Labute approximate surface area is 187 Å². The molecule has 0 fully saturated rings. The van der Waals surface area contributed by atoms with Crippen LogP contribution in [-0.2, 0) is 6.18 Å². The lowest BCUT2D eigenvalue weighted by atomic mass is 10.1. The number of nitrogens with one attached hydrogen (secondary N) is 2. The molecule has 0 saturated heterocycles. The van der Waals surface area contributed by atoms with E-state index < -0.39 is 11.7 Å². The van der Waals surface area contributed by atoms with Crippen molar-refractivity contribution in [3.8, 4) is 28.8 Å². The van der Waals surface area contributed by atoms with Crippen LogP contribution in [0.2, 0.25) is 0 Å². The Morgan fingerprint density at radius 3 is 2.39 bits per heavy atom. The molecule has 0 amide bonds. The molecule has 2 aromatic carbocycles. The predicted octanol–water partition coefficient (Wildman–Crippen LogP) is 6.05. The monoisotopic (exact) mass is 455 g/mol. The minimum Gasteiger partial charge on any atom is -0.496 e. The number of halogens is 3. The third kappa shape index (κ3) is 5.05. The van der Waals surface area contributed by atoms with Crippen LogP contribution in [-0.4, -0.2) is 27.0 Å². The van der Waals surface area contributed by atoms with Gasteiger partial charge in [0.1, 0.15) is 17.3 Å². The zero-order valence-corrected chi connectivity index (χ0v) is 18.0. The van der Waals surface area contributed by atoms with Gasteiger partial charge in [-0.2, -0.15) is 18.2 Å². The summed E-state index contributed by atoms with van der Waals surface area (Å²) in [4.78, 5) is 16.0. The first-order valence-corrected chi connectivity index (χ1v) is 9.90. The van der Waals surface area contributed by atoms with Gasteiger partial charge in [0, 0.05) is 29.7 Å². The SMILES string of the molecule is COc1cc(Nc2nc(C)cc(Oc3ccccc3C(F)(F)F)n2)ccc1-c1nc(C)c[nH]1. The van der Waals surface area contributed by atoms with Crippen molar-refractivity contribution in [1.29, 1.82) is 0 Å². The molecular formula is C23H20F3N5O2. The Hall–Kier alpha value is -4.08. The van der Waals surface area contributed by atoms with Gasteiger partial charge in [-0.15, -0.1) is 0 Å². The quantitative estimate of drug-likeness (QED) is 0.368. The molecule has 7 nitrogen and oxygen atoms in total. The van der Waals surface area contributed by atoms with Gasteiger partial charge in [0.15, 0.2) is 0 Å². The molecule has 0 radical (unpaired) electrons. The summed E-state index contributed by atoms with van der Waals surface area (Å²) in [7, 11) is 1.55. The van der Waals surface area contributed by atoms with E-state index in [-0.39, 0.29) is 17.6 Å². The summed E-state index contributed by atoms with van der Waals surface area (Å²) < 4.78 is 50.8. The van der Waals surface area contributed by atoms with E-state index in [1.165, 1.54) is 24.3 Å². The van der Waals surface area contributed by atoms with E-state index in [1.807, 2.05) is 13.0 Å². The summed E-state index contributed by atoms with van der Waals surface area (Å²) in [6.07, 6.45) is -2.76. The van der Waals surface area contributed by atoms with Gasteiger partial charge in [0.25, 0.3) is 0 Å². The summed E-state index contributed by atoms with van der Waals surface area (Å²) in [5, 5.41) is 3.04. The molecule has 2 N–H and O–H groups in total. The van der Waals surface area contributed by atoms with Crippen LogP contribution < -0.4 is 14.8 Å².